The summed E-state index contributed by atoms with van der Waals surface area (Å²) >= 11 is 1.48. The number of carbonyl (C=O) groups is 1. The minimum absolute atomic E-state index is 0.112. The number of pyridine rings is 1. The van der Waals surface area contributed by atoms with Crippen molar-refractivity contribution in [3.63, 3.8) is 0 Å². The number of aromatic nitrogens is 2. The quantitative estimate of drug-likeness (QED) is 0.360. The molecule has 2 aromatic carbocycles. The summed E-state index contributed by atoms with van der Waals surface area (Å²) in [4.78, 5) is 25.0. The molecule has 1 amide bonds. The van der Waals surface area contributed by atoms with E-state index in [9.17, 15) is 13.2 Å². The van der Waals surface area contributed by atoms with Gasteiger partial charge in [-0.15, -0.1) is 0 Å². The zero-order valence-corrected chi connectivity index (χ0v) is 21.9. The molecule has 186 valence electrons. The standard InChI is InChI=1S/C27H28N4O3S2/c1-19-10-12-23(13-11-19)36(33,34)30-15-5-8-22(18-30)26(32)31(17-21-7-4-14-28-16-21)27-29-25-20(2)6-3-9-24(25)35-27/h3-4,6-7,9-14,16,22H,5,8,15,17-18H2,1-2H3. The summed E-state index contributed by atoms with van der Waals surface area (Å²) in [5, 5.41) is 0.617. The van der Waals surface area contributed by atoms with E-state index in [0.717, 1.165) is 26.9 Å². The van der Waals surface area contributed by atoms with Crippen molar-refractivity contribution < 1.29 is 13.2 Å². The molecule has 7 nitrogen and oxygen atoms in total. The van der Waals surface area contributed by atoms with Crippen LogP contribution in [0.3, 0.4) is 0 Å². The van der Waals surface area contributed by atoms with Crippen LogP contribution in [0.15, 0.2) is 71.9 Å². The van der Waals surface area contributed by atoms with E-state index in [1.165, 1.54) is 15.6 Å². The zero-order valence-electron chi connectivity index (χ0n) is 20.3. The summed E-state index contributed by atoms with van der Waals surface area (Å²) in [6.07, 6.45) is 4.70. The molecule has 4 aromatic rings. The molecule has 0 bridgehead atoms. The van der Waals surface area contributed by atoms with Gasteiger partial charge >= 0.3 is 0 Å². The smallest absolute Gasteiger partial charge is 0.243 e. The Morgan fingerprint density at radius 1 is 1.11 bits per heavy atom. The number of nitrogens with zero attached hydrogens (tertiary/aromatic N) is 4. The highest BCUT2D eigenvalue weighted by atomic mass is 32.2. The van der Waals surface area contributed by atoms with E-state index in [1.807, 2.05) is 44.2 Å². The van der Waals surface area contributed by atoms with Crippen LogP contribution in [-0.4, -0.2) is 41.7 Å². The number of carbonyl (C=O) groups excluding carboxylic acids is 1. The number of aryl methyl sites for hydroxylation is 2. The Bertz CT molecular complexity index is 1480. The number of thiazole rings is 1. The van der Waals surface area contributed by atoms with Gasteiger partial charge in [0.15, 0.2) is 5.13 Å². The van der Waals surface area contributed by atoms with Gasteiger partial charge < -0.3 is 0 Å². The average Bonchev–Trinajstić information content (AvgIpc) is 3.33. The summed E-state index contributed by atoms with van der Waals surface area (Å²) < 4.78 is 29.1. The highest BCUT2D eigenvalue weighted by molar-refractivity contribution is 7.89. The third-order valence-electron chi connectivity index (χ3n) is 6.56. The summed E-state index contributed by atoms with van der Waals surface area (Å²) in [5.74, 6) is -0.567. The average molecular weight is 521 g/mol. The fraction of sp³-hybridized carbons (Fsp3) is 0.296. The van der Waals surface area contributed by atoms with Crippen molar-refractivity contribution in [1.82, 2.24) is 14.3 Å². The van der Waals surface area contributed by atoms with Crippen LogP contribution in [0.5, 0.6) is 0 Å². The van der Waals surface area contributed by atoms with Crippen molar-refractivity contribution in [3.8, 4) is 0 Å². The fourth-order valence-corrected chi connectivity index (χ4v) is 7.12. The third-order valence-corrected chi connectivity index (χ3v) is 9.48. The van der Waals surface area contributed by atoms with Gasteiger partial charge in [0.2, 0.25) is 15.9 Å². The molecule has 1 unspecified atom stereocenters. The van der Waals surface area contributed by atoms with Gasteiger partial charge in [-0.2, -0.15) is 4.31 Å². The number of rotatable bonds is 6. The van der Waals surface area contributed by atoms with Crippen molar-refractivity contribution in [3.05, 3.63) is 83.7 Å². The summed E-state index contributed by atoms with van der Waals surface area (Å²) in [6, 6.07) is 16.6. The summed E-state index contributed by atoms with van der Waals surface area (Å²) in [5.41, 5.74) is 3.82. The largest absolute Gasteiger partial charge is 0.283 e. The lowest BCUT2D eigenvalue weighted by Crippen LogP contribution is -2.46. The summed E-state index contributed by atoms with van der Waals surface area (Å²) in [6.45, 7) is 4.82. The van der Waals surface area contributed by atoms with Crippen LogP contribution in [0.1, 0.15) is 29.5 Å². The number of piperidine rings is 1. The van der Waals surface area contributed by atoms with Crippen molar-refractivity contribution in [2.24, 2.45) is 5.92 Å². The molecule has 0 saturated carbocycles. The van der Waals surface area contributed by atoms with Crippen molar-refractivity contribution in [2.75, 3.05) is 18.0 Å². The molecule has 0 spiro atoms. The third kappa shape index (κ3) is 4.91. The van der Waals surface area contributed by atoms with E-state index < -0.39 is 15.9 Å². The SMILES string of the molecule is Cc1ccc(S(=O)(=O)N2CCCC(C(=O)N(Cc3cccnc3)c3nc4c(C)cccc4s3)C2)cc1. The first-order valence-electron chi connectivity index (χ1n) is 12.0. The number of anilines is 1. The van der Waals surface area contributed by atoms with Crippen LogP contribution in [0.4, 0.5) is 5.13 Å². The van der Waals surface area contributed by atoms with Crippen LogP contribution < -0.4 is 4.90 Å². The molecule has 1 atom stereocenters. The lowest BCUT2D eigenvalue weighted by Gasteiger charge is -2.33. The van der Waals surface area contributed by atoms with Gasteiger partial charge in [0.25, 0.3) is 0 Å². The van der Waals surface area contributed by atoms with E-state index in [1.54, 1.807) is 41.6 Å². The number of hydrogen-bond acceptors (Lipinski definition) is 6. The number of sulfonamides is 1. The maximum atomic E-state index is 14.0. The molecule has 5 rings (SSSR count). The van der Waals surface area contributed by atoms with Gasteiger partial charge in [-0.25, -0.2) is 13.4 Å². The Labute approximate surface area is 215 Å². The second-order valence-electron chi connectivity index (χ2n) is 9.22. The molecule has 1 saturated heterocycles. The predicted molar refractivity (Wildman–Crippen MR) is 142 cm³/mol. The van der Waals surface area contributed by atoms with Gasteiger partial charge in [-0.05, 0) is 62.1 Å². The fourth-order valence-electron chi connectivity index (χ4n) is 4.55. The van der Waals surface area contributed by atoms with Crippen molar-refractivity contribution in [1.29, 1.82) is 0 Å². The van der Waals surface area contributed by atoms with Gasteiger partial charge in [-0.1, -0.05) is 47.2 Å². The molecule has 2 aromatic heterocycles. The van der Waals surface area contributed by atoms with E-state index in [4.69, 9.17) is 4.98 Å². The second kappa shape index (κ2) is 10.1. The maximum Gasteiger partial charge on any atom is 0.243 e. The molecule has 1 aliphatic heterocycles. The van der Waals surface area contributed by atoms with Crippen LogP contribution in [-0.2, 0) is 21.4 Å². The first-order valence-corrected chi connectivity index (χ1v) is 14.2. The van der Waals surface area contributed by atoms with Gasteiger partial charge in [0.1, 0.15) is 0 Å². The number of para-hydroxylation sites is 1. The lowest BCUT2D eigenvalue weighted by molar-refractivity contribution is -0.123. The highest BCUT2D eigenvalue weighted by Gasteiger charge is 2.36. The Balaban J connectivity index is 1.45. The number of amides is 1. The molecule has 1 aliphatic rings. The molecular formula is C27H28N4O3S2. The topological polar surface area (TPSA) is 83.5 Å². The molecule has 3 heterocycles. The molecule has 0 N–H and O–H groups in total. The van der Waals surface area contributed by atoms with Gasteiger partial charge in [-0.3, -0.25) is 14.7 Å². The monoisotopic (exact) mass is 520 g/mol. The molecule has 9 heteroatoms. The van der Waals surface area contributed by atoms with Gasteiger partial charge in [0, 0.05) is 25.5 Å². The molecular weight excluding hydrogens is 492 g/mol. The second-order valence-corrected chi connectivity index (χ2v) is 12.2. The normalized spacial score (nSPS) is 16.8. The van der Waals surface area contributed by atoms with Crippen LogP contribution >= 0.6 is 11.3 Å². The first kappa shape index (κ1) is 24.5. The zero-order chi connectivity index (χ0) is 25.3. The Morgan fingerprint density at radius 2 is 1.92 bits per heavy atom. The first-order chi connectivity index (χ1) is 17.3. The van der Waals surface area contributed by atoms with E-state index in [2.05, 4.69) is 4.98 Å². The molecule has 1 fully saturated rings. The Kier molecular flexibility index (Phi) is 6.87. The minimum atomic E-state index is -3.68. The number of hydrogen-bond donors (Lipinski definition) is 0. The van der Waals surface area contributed by atoms with Crippen LogP contribution in [0, 0.1) is 19.8 Å². The Morgan fingerprint density at radius 3 is 2.64 bits per heavy atom. The van der Waals surface area contributed by atoms with E-state index in [0.29, 0.717) is 31.1 Å². The van der Waals surface area contributed by atoms with Crippen LogP contribution in [0.25, 0.3) is 10.2 Å². The number of fused-ring (bicyclic) bond motifs is 1. The van der Waals surface area contributed by atoms with Crippen molar-refractivity contribution in [2.45, 2.75) is 38.1 Å². The molecule has 0 aliphatic carbocycles. The molecule has 0 radical (unpaired) electrons. The van der Waals surface area contributed by atoms with Crippen LogP contribution in [0.2, 0.25) is 0 Å². The summed E-state index contributed by atoms with van der Waals surface area (Å²) in [7, 11) is -3.68. The maximum absolute atomic E-state index is 14.0. The van der Waals surface area contributed by atoms with E-state index in [-0.39, 0.29) is 17.3 Å². The molecule has 36 heavy (non-hydrogen) atoms. The minimum Gasteiger partial charge on any atom is -0.283 e. The van der Waals surface area contributed by atoms with Gasteiger partial charge in [0.05, 0.1) is 27.6 Å². The number of benzene rings is 2. The van der Waals surface area contributed by atoms with E-state index >= 15 is 0 Å². The van der Waals surface area contributed by atoms with Crippen molar-refractivity contribution >= 4 is 42.6 Å². The lowest BCUT2D eigenvalue weighted by atomic mass is 9.98. The highest BCUT2D eigenvalue weighted by Crippen LogP contribution is 2.34. The Hall–Kier alpha value is -3.14. The predicted octanol–water partition coefficient (Wildman–Crippen LogP) is 4.94.